The number of rotatable bonds is 4. The van der Waals surface area contributed by atoms with Crippen LogP contribution in [0.5, 0.6) is 0 Å². The van der Waals surface area contributed by atoms with Gasteiger partial charge in [0.1, 0.15) is 0 Å². The van der Waals surface area contributed by atoms with Gasteiger partial charge in [-0.05, 0) is 130 Å². The van der Waals surface area contributed by atoms with Gasteiger partial charge in [-0.3, -0.25) is 0 Å². The Balaban J connectivity index is 1.22. The molecular weight excluding hydrogens is 701 g/mol. The van der Waals surface area contributed by atoms with E-state index in [9.17, 15) is 0 Å². The Morgan fingerprint density at radius 1 is 0.276 bits per heavy atom. The molecule has 0 radical (unpaired) electrons. The van der Waals surface area contributed by atoms with Crippen molar-refractivity contribution in [3.05, 3.63) is 206 Å². The molecule has 0 spiro atoms. The van der Waals surface area contributed by atoms with Gasteiger partial charge in [-0.1, -0.05) is 152 Å². The SMILES string of the molecule is c1ccc(-n2c3ccccc3c3c(N(c4ccc5ccccc5c4)c4cc5ccc6cccc7c8cccc9ccc%10cccc(c(c4)c5c67)c%10c98)cccc32)cc1. The van der Waals surface area contributed by atoms with Crippen molar-refractivity contribution >= 4 is 114 Å². The summed E-state index contributed by atoms with van der Waals surface area (Å²) >= 11 is 0. The number of anilines is 3. The monoisotopic (exact) mass is 734 g/mol. The summed E-state index contributed by atoms with van der Waals surface area (Å²) in [6.45, 7) is 0. The summed E-state index contributed by atoms with van der Waals surface area (Å²) in [7, 11) is 0. The molecule has 0 N–H and O–H groups in total. The third-order valence-electron chi connectivity index (χ3n) is 12.6. The zero-order valence-corrected chi connectivity index (χ0v) is 31.5. The van der Waals surface area contributed by atoms with Crippen LogP contribution in [-0.2, 0) is 0 Å². The van der Waals surface area contributed by atoms with E-state index in [1.807, 2.05) is 0 Å². The Labute approximate surface area is 334 Å². The molecule has 2 nitrogen and oxygen atoms in total. The smallest absolute Gasteiger partial charge is 0.0562 e. The van der Waals surface area contributed by atoms with Crippen LogP contribution in [0.25, 0.3) is 103 Å². The number of nitrogens with zero attached hydrogens (tertiary/aromatic N) is 2. The van der Waals surface area contributed by atoms with E-state index in [0.717, 1.165) is 22.7 Å². The predicted octanol–water partition coefficient (Wildman–Crippen LogP) is 15.8. The topological polar surface area (TPSA) is 8.17 Å². The van der Waals surface area contributed by atoms with Crippen LogP contribution < -0.4 is 4.90 Å². The molecule has 2 heteroatoms. The average molecular weight is 735 g/mol. The molecule has 12 aromatic carbocycles. The van der Waals surface area contributed by atoms with Crippen molar-refractivity contribution in [3.63, 3.8) is 0 Å². The molecule has 268 valence electrons. The molecule has 0 aliphatic heterocycles. The highest BCUT2D eigenvalue weighted by atomic mass is 15.1. The first kappa shape index (κ1) is 31.5. The van der Waals surface area contributed by atoms with Crippen LogP contribution >= 0.6 is 0 Å². The second kappa shape index (κ2) is 11.9. The Morgan fingerprint density at radius 3 is 1.50 bits per heavy atom. The van der Waals surface area contributed by atoms with Crippen LogP contribution in [-0.4, -0.2) is 4.57 Å². The minimum Gasteiger partial charge on any atom is -0.310 e. The minimum absolute atomic E-state index is 1.12. The van der Waals surface area contributed by atoms with E-state index >= 15 is 0 Å². The average Bonchev–Trinajstić information content (AvgIpc) is 3.63. The van der Waals surface area contributed by atoms with E-state index in [1.54, 1.807) is 0 Å². The lowest BCUT2D eigenvalue weighted by molar-refractivity contribution is 1.18. The van der Waals surface area contributed by atoms with Crippen LogP contribution in [0.2, 0.25) is 0 Å². The molecule has 0 atom stereocenters. The first-order valence-electron chi connectivity index (χ1n) is 20.1. The molecule has 0 saturated heterocycles. The van der Waals surface area contributed by atoms with Crippen molar-refractivity contribution < 1.29 is 0 Å². The zero-order valence-electron chi connectivity index (χ0n) is 31.5. The van der Waals surface area contributed by atoms with Gasteiger partial charge in [-0.25, -0.2) is 0 Å². The molecule has 0 bridgehead atoms. The number of benzene rings is 11. The number of para-hydroxylation sites is 2. The molecule has 0 unspecified atom stereocenters. The largest absolute Gasteiger partial charge is 0.310 e. The van der Waals surface area contributed by atoms with Gasteiger partial charge >= 0.3 is 0 Å². The summed E-state index contributed by atoms with van der Waals surface area (Å²) in [5, 5.41) is 20.2. The van der Waals surface area contributed by atoms with E-state index in [1.165, 1.54) is 97.2 Å². The summed E-state index contributed by atoms with van der Waals surface area (Å²) in [6, 6.07) is 76.6. The molecule has 13 aromatic rings. The summed E-state index contributed by atoms with van der Waals surface area (Å²) in [6.07, 6.45) is 0. The maximum absolute atomic E-state index is 2.51. The van der Waals surface area contributed by atoms with E-state index in [2.05, 4.69) is 216 Å². The molecule has 0 fully saturated rings. The summed E-state index contributed by atoms with van der Waals surface area (Å²) in [5.41, 5.74) is 6.89. The Kier molecular flexibility index (Phi) is 6.47. The van der Waals surface area contributed by atoms with Crippen molar-refractivity contribution in [3.8, 4) is 5.69 Å². The molecule has 1 heterocycles. The van der Waals surface area contributed by atoms with Crippen molar-refractivity contribution in [2.75, 3.05) is 4.90 Å². The summed E-state index contributed by atoms with van der Waals surface area (Å²) < 4.78 is 2.41. The highest BCUT2D eigenvalue weighted by molar-refractivity contribution is 6.37. The molecule has 0 saturated carbocycles. The van der Waals surface area contributed by atoms with Crippen LogP contribution in [0, 0.1) is 0 Å². The second-order valence-electron chi connectivity index (χ2n) is 15.7. The second-order valence-corrected chi connectivity index (χ2v) is 15.7. The first-order chi connectivity index (χ1) is 28.8. The highest BCUT2D eigenvalue weighted by Crippen LogP contribution is 2.48. The number of hydrogen-bond donors (Lipinski definition) is 0. The van der Waals surface area contributed by atoms with Crippen LogP contribution in [0.15, 0.2) is 206 Å². The van der Waals surface area contributed by atoms with E-state index < -0.39 is 0 Å². The molecule has 1 aromatic heterocycles. The van der Waals surface area contributed by atoms with Gasteiger partial charge in [-0.15, -0.1) is 0 Å². The fraction of sp³-hybridized carbons (Fsp3) is 0. The summed E-state index contributed by atoms with van der Waals surface area (Å²) in [4.78, 5) is 2.51. The molecule has 13 rings (SSSR count). The lowest BCUT2D eigenvalue weighted by Crippen LogP contribution is -2.10. The molecule has 0 amide bonds. The number of fused-ring (bicyclic) bond motifs is 6. The highest BCUT2D eigenvalue weighted by Gasteiger charge is 2.23. The van der Waals surface area contributed by atoms with Crippen LogP contribution in [0.4, 0.5) is 17.1 Å². The van der Waals surface area contributed by atoms with E-state index in [0.29, 0.717) is 0 Å². The Hall–Kier alpha value is -7.68. The maximum atomic E-state index is 2.51. The standard InChI is InChI=1S/C56H34N2/c1-2-17-41(18-3-1)58-49-23-7-6-19-47(49)56-50(24-11-25-51(56)58)57(42-31-30-35-12-4-5-13-39(35)32-42)43-33-40-29-28-38-15-9-21-45-44-20-8-14-36-26-27-37-16-10-22-46(54(37)52(36)44)48(34-43)55(40)53(38)45/h1-34H. The van der Waals surface area contributed by atoms with Gasteiger partial charge in [-0.2, -0.15) is 0 Å². The lowest BCUT2D eigenvalue weighted by atomic mass is 9.87. The molecule has 58 heavy (non-hydrogen) atoms. The van der Waals surface area contributed by atoms with Gasteiger partial charge in [0.05, 0.1) is 16.7 Å². The fourth-order valence-electron chi connectivity index (χ4n) is 10.2. The third kappa shape index (κ3) is 4.37. The van der Waals surface area contributed by atoms with Crippen molar-refractivity contribution in [2.45, 2.75) is 0 Å². The predicted molar refractivity (Wildman–Crippen MR) is 249 cm³/mol. The van der Waals surface area contributed by atoms with Gasteiger partial charge in [0.25, 0.3) is 0 Å². The molecule has 0 aliphatic rings. The normalized spacial score (nSPS) is 12.1. The Bertz CT molecular complexity index is 3790. The first-order valence-corrected chi connectivity index (χ1v) is 20.1. The van der Waals surface area contributed by atoms with Gasteiger partial charge in [0, 0.05) is 27.8 Å². The molecule has 0 aliphatic carbocycles. The summed E-state index contributed by atoms with van der Waals surface area (Å²) in [5.74, 6) is 0. The zero-order chi connectivity index (χ0) is 37.9. The number of hydrogen-bond acceptors (Lipinski definition) is 1. The van der Waals surface area contributed by atoms with E-state index in [4.69, 9.17) is 0 Å². The minimum atomic E-state index is 1.12. The van der Waals surface area contributed by atoms with Gasteiger partial charge in [0.2, 0.25) is 0 Å². The van der Waals surface area contributed by atoms with Crippen molar-refractivity contribution in [2.24, 2.45) is 0 Å². The van der Waals surface area contributed by atoms with Crippen molar-refractivity contribution in [1.29, 1.82) is 0 Å². The third-order valence-corrected chi connectivity index (χ3v) is 12.6. The number of aromatic nitrogens is 1. The Morgan fingerprint density at radius 2 is 0.776 bits per heavy atom. The van der Waals surface area contributed by atoms with Gasteiger partial charge in [0.15, 0.2) is 0 Å². The quantitative estimate of drug-likeness (QED) is 0.163. The molecular formula is C56H34N2. The van der Waals surface area contributed by atoms with Crippen LogP contribution in [0.3, 0.4) is 0 Å². The lowest BCUT2D eigenvalue weighted by Gasteiger charge is -2.28. The van der Waals surface area contributed by atoms with E-state index in [-0.39, 0.29) is 0 Å². The van der Waals surface area contributed by atoms with Crippen molar-refractivity contribution in [1.82, 2.24) is 4.57 Å². The van der Waals surface area contributed by atoms with Gasteiger partial charge < -0.3 is 9.47 Å². The fourth-order valence-corrected chi connectivity index (χ4v) is 10.2. The maximum Gasteiger partial charge on any atom is 0.0562 e. The van der Waals surface area contributed by atoms with Crippen LogP contribution in [0.1, 0.15) is 0 Å².